The van der Waals surface area contributed by atoms with Crippen LogP contribution in [0.3, 0.4) is 0 Å². The van der Waals surface area contributed by atoms with Gasteiger partial charge >= 0.3 is 0 Å². The van der Waals surface area contributed by atoms with Gasteiger partial charge in [0.05, 0.1) is 5.69 Å². The van der Waals surface area contributed by atoms with Crippen LogP contribution >= 0.6 is 12.2 Å². The van der Waals surface area contributed by atoms with Crippen molar-refractivity contribution in [2.24, 2.45) is 0 Å². The summed E-state index contributed by atoms with van der Waals surface area (Å²) in [7, 11) is 0. The number of nitrogens with zero attached hydrogens (tertiary/aromatic N) is 2. The highest BCUT2D eigenvalue weighted by Crippen LogP contribution is 2.33. The summed E-state index contributed by atoms with van der Waals surface area (Å²) < 4.78 is 0. The number of fused-ring (bicyclic) bond motifs is 1. The second-order valence-corrected chi connectivity index (χ2v) is 8.98. The molecule has 3 aromatic rings. The summed E-state index contributed by atoms with van der Waals surface area (Å²) in [6.45, 7) is 6.03. The SMILES string of the molecule is Cc1cccc(N2C(=O)/C(=C/c3ccc(N4CCCC4)c4ccccc34)C(=O)NC2=S)c1C. The van der Waals surface area contributed by atoms with E-state index < -0.39 is 11.8 Å². The second kappa shape index (κ2) is 8.45. The number of carbonyl (C=O) groups excluding carboxylic acids is 2. The van der Waals surface area contributed by atoms with Gasteiger partial charge in [-0.1, -0.05) is 42.5 Å². The quantitative estimate of drug-likeness (QED) is 0.347. The molecule has 0 saturated carbocycles. The highest BCUT2D eigenvalue weighted by Gasteiger charge is 2.35. The minimum atomic E-state index is -0.473. The number of thiocarbonyl (C=S) groups is 1. The van der Waals surface area contributed by atoms with Gasteiger partial charge < -0.3 is 4.90 Å². The lowest BCUT2D eigenvalue weighted by Crippen LogP contribution is -2.54. The molecule has 2 fully saturated rings. The first-order chi connectivity index (χ1) is 16.0. The van der Waals surface area contributed by atoms with E-state index in [1.165, 1.54) is 23.4 Å². The van der Waals surface area contributed by atoms with Gasteiger partial charge in [0, 0.05) is 24.2 Å². The van der Waals surface area contributed by atoms with Gasteiger partial charge in [-0.15, -0.1) is 0 Å². The lowest BCUT2D eigenvalue weighted by molar-refractivity contribution is -0.122. The molecule has 5 nitrogen and oxygen atoms in total. The van der Waals surface area contributed by atoms with Crippen LogP contribution in [0.1, 0.15) is 29.5 Å². The second-order valence-electron chi connectivity index (χ2n) is 8.59. The summed E-state index contributed by atoms with van der Waals surface area (Å²) in [5, 5.41) is 4.94. The van der Waals surface area contributed by atoms with E-state index in [4.69, 9.17) is 12.2 Å². The maximum atomic E-state index is 13.5. The molecule has 0 aliphatic carbocycles. The summed E-state index contributed by atoms with van der Waals surface area (Å²) in [6, 6.07) is 18.0. The minimum Gasteiger partial charge on any atom is -0.371 e. The Morgan fingerprint density at radius 1 is 0.879 bits per heavy atom. The number of amides is 2. The molecule has 0 radical (unpaired) electrons. The van der Waals surface area contributed by atoms with Crippen molar-refractivity contribution in [2.45, 2.75) is 26.7 Å². The Bertz CT molecular complexity index is 1340. The molecule has 0 aromatic heterocycles. The van der Waals surface area contributed by atoms with Crippen LogP contribution in [0.5, 0.6) is 0 Å². The predicted octanol–water partition coefficient (Wildman–Crippen LogP) is 4.89. The van der Waals surface area contributed by atoms with Gasteiger partial charge in [-0.3, -0.25) is 19.8 Å². The van der Waals surface area contributed by atoms with Gasteiger partial charge in [0.25, 0.3) is 11.8 Å². The first-order valence-electron chi connectivity index (χ1n) is 11.2. The van der Waals surface area contributed by atoms with Gasteiger partial charge in [0.1, 0.15) is 5.57 Å². The van der Waals surface area contributed by atoms with E-state index in [1.807, 2.05) is 56.3 Å². The molecule has 0 atom stereocenters. The molecular weight excluding hydrogens is 430 g/mol. The zero-order valence-corrected chi connectivity index (χ0v) is 19.5. The molecule has 0 unspecified atom stereocenters. The summed E-state index contributed by atoms with van der Waals surface area (Å²) >= 11 is 5.38. The van der Waals surface area contributed by atoms with E-state index >= 15 is 0 Å². The number of carbonyl (C=O) groups is 2. The number of rotatable bonds is 3. The number of nitrogens with one attached hydrogen (secondary N) is 1. The Kier molecular flexibility index (Phi) is 5.46. The van der Waals surface area contributed by atoms with Gasteiger partial charge in [0.15, 0.2) is 5.11 Å². The molecule has 0 bridgehead atoms. The molecule has 2 aliphatic heterocycles. The molecule has 6 heteroatoms. The smallest absolute Gasteiger partial charge is 0.270 e. The average Bonchev–Trinajstić information content (AvgIpc) is 3.34. The van der Waals surface area contributed by atoms with Crippen molar-refractivity contribution in [2.75, 3.05) is 22.9 Å². The Balaban J connectivity index is 1.60. The Morgan fingerprint density at radius 2 is 1.61 bits per heavy atom. The molecular formula is C27H25N3O2S. The monoisotopic (exact) mass is 455 g/mol. The van der Waals surface area contributed by atoms with E-state index in [2.05, 4.69) is 22.3 Å². The maximum Gasteiger partial charge on any atom is 0.270 e. The van der Waals surface area contributed by atoms with E-state index in [1.54, 1.807) is 6.08 Å². The van der Waals surface area contributed by atoms with Crippen molar-refractivity contribution in [3.8, 4) is 0 Å². The lowest BCUT2D eigenvalue weighted by Gasteiger charge is -2.30. The van der Waals surface area contributed by atoms with Gasteiger partial charge in [-0.25, -0.2) is 0 Å². The number of hydrogen-bond acceptors (Lipinski definition) is 4. The highest BCUT2D eigenvalue weighted by atomic mass is 32.1. The number of anilines is 2. The minimum absolute atomic E-state index is 0.0728. The molecule has 3 aromatic carbocycles. The number of benzene rings is 3. The van der Waals surface area contributed by atoms with Crippen LogP contribution in [0.4, 0.5) is 11.4 Å². The van der Waals surface area contributed by atoms with Crippen LogP contribution in [0, 0.1) is 13.8 Å². The van der Waals surface area contributed by atoms with Crippen LogP contribution < -0.4 is 15.1 Å². The normalized spacial score (nSPS) is 17.9. The molecule has 5 rings (SSSR count). The van der Waals surface area contributed by atoms with E-state index in [9.17, 15) is 9.59 Å². The zero-order chi connectivity index (χ0) is 23.1. The van der Waals surface area contributed by atoms with Crippen molar-refractivity contribution >= 4 is 57.4 Å². The van der Waals surface area contributed by atoms with Crippen molar-refractivity contribution in [3.63, 3.8) is 0 Å². The fourth-order valence-electron chi connectivity index (χ4n) is 4.68. The third-order valence-electron chi connectivity index (χ3n) is 6.60. The van der Waals surface area contributed by atoms with Crippen LogP contribution in [0.25, 0.3) is 16.8 Å². The van der Waals surface area contributed by atoms with Crippen LogP contribution in [-0.4, -0.2) is 30.0 Å². The molecule has 2 saturated heterocycles. The van der Waals surface area contributed by atoms with Crippen LogP contribution in [0.15, 0.2) is 60.2 Å². The molecule has 33 heavy (non-hydrogen) atoms. The lowest BCUT2D eigenvalue weighted by atomic mass is 9.98. The topological polar surface area (TPSA) is 52.7 Å². The maximum absolute atomic E-state index is 13.5. The first kappa shape index (κ1) is 21.3. The van der Waals surface area contributed by atoms with Crippen molar-refractivity contribution in [1.82, 2.24) is 5.32 Å². The predicted molar refractivity (Wildman–Crippen MR) is 138 cm³/mol. The third-order valence-corrected chi connectivity index (χ3v) is 6.88. The molecule has 166 valence electrons. The largest absolute Gasteiger partial charge is 0.371 e. The van der Waals surface area contributed by atoms with Crippen molar-refractivity contribution in [3.05, 3.63) is 76.9 Å². The summed E-state index contributed by atoms with van der Waals surface area (Å²) in [4.78, 5) is 30.2. The van der Waals surface area contributed by atoms with Crippen molar-refractivity contribution in [1.29, 1.82) is 0 Å². The number of aryl methyl sites for hydroxylation is 1. The molecule has 1 N–H and O–H groups in total. The van der Waals surface area contributed by atoms with Crippen LogP contribution in [0.2, 0.25) is 0 Å². The third kappa shape index (κ3) is 3.70. The summed E-state index contributed by atoms with van der Waals surface area (Å²) in [5.74, 6) is -0.885. The van der Waals surface area contributed by atoms with Crippen LogP contribution in [-0.2, 0) is 9.59 Å². The summed E-state index contributed by atoms with van der Waals surface area (Å²) in [5.41, 5.74) is 4.79. The van der Waals surface area contributed by atoms with E-state index in [0.29, 0.717) is 5.69 Å². The molecule has 2 aliphatic rings. The van der Waals surface area contributed by atoms with E-state index in [0.717, 1.165) is 40.6 Å². The standard InChI is InChI=1S/C27H25N3O2S/c1-17-8-7-11-23(18(17)2)30-26(32)22(25(31)28-27(30)33)16-19-12-13-24(29-14-5-6-15-29)21-10-4-3-9-20(19)21/h3-4,7-13,16H,5-6,14-15H2,1-2H3,(H,28,31,33)/b22-16+. The zero-order valence-electron chi connectivity index (χ0n) is 18.7. The fraction of sp³-hybridized carbons (Fsp3) is 0.222. The fourth-order valence-corrected chi connectivity index (χ4v) is 4.95. The highest BCUT2D eigenvalue weighted by molar-refractivity contribution is 7.80. The molecule has 2 amide bonds. The molecule has 2 heterocycles. The Labute approximate surface area is 198 Å². The Morgan fingerprint density at radius 3 is 2.36 bits per heavy atom. The summed E-state index contributed by atoms with van der Waals surface area (Å²) in [6.07, 6.45) is 4.08. The number of hydrogen-bond donors (Lipinski definition) is 1. The first-order valence-corrected chi connectivity index (χ1v) is 11.6. The van der Waals surface area contributed by atoms with Gasteiger partial charge in [-0.05, 0) is 79.2 Å². The Hall–Kier alpha value is -3.51. The average molecular weight is 456 g/mol. The van der Waals surface area contributed by atoms with Gasteiger partial charge in [-0.2, -0.15) is 0 Å². The molecule has 0 spiro atoms. The van der Waals surface area contributed by atoms with E-state index in [-0.39, 0.29) is 10.7 Å². The van der Waals surface area contributed by atoms with Gasteiger partial charge in [0.2, 0.25) is 0 Å². The van der Waals surface area contributed by atoms with Crippen molar-refractivity contribution < 1.29 is 9.59 Å².